The SMILES string of the molecule is CCNC(Cc1ccsc1)C(C)(C)OCC. The Kier molecular flexibility index (Phi) is 5.46. The zero-order chi connectivity index (χ0) is 12.0. The van der Waals surface area contributed by atoms with E-state index in [1.165, 1.54) is 5.56 Å². The van der Waals surface area contributed by atoms with Crippen LogP contribution < -0.4 is 5.32 Å². The van der Waals surface area contributed by atoms with Crippen molar-refractivity contribution in [1.82, 2.24) is 5.32 Å². The van der Waals surface area contributed by atoms with Crippen LogP contribution in [0.2, 0.25) is 0 Å². The normalized spacial score (nSPS) is 14.0. The van der Waals surface area contributed by atoms with Crippen molar-refractivity contribution in [3.63, 3.8) is 0 Å². The second-order valence-corrected chi connectivity index (χ2v) is 5.26. The van der Waals surface area contributed by atoms with Crippen molar-refractivity contribution in [2.45, 2.75) is 45.8 Å². The van der Waals surface area contributed by atoms with Gasteiger partial charge in [0.15, 0.2) is 0 Å². The molecular weight excluding hydrogens is 218 g/mol. The van der Waals surface area contributed by atoms with Gasteiger partial charge in [-0.1, -0.05) is 6.92 Å². The van der Waals surface area contributed by atoms with Crippen LogP contribution in [0, 0.1) is 0 Å². The highest BCUT2D eigenvalue weighted by Gasteiger charge is 2.29. The molecule has 0 spiro atoms. The fourth-order valence-electron chi connectivity index (χ4n) is 1.93. The summed E-state index contributed by atoms with van der Waals surface area (Å²) < 4.78 is 5.83. The third-order valence-electron chi connectivity index (χ3n) is 2.83. The second kappa shape index (κ2) is 6.38. The molecule has 1 rings (SSSR count). The van der Waals surface area contributed by atoms with E-state index in [4.69, 9.17) is 4.74 Å². The predicted molar refractivity (Wildman–Crippen MR) is 71.2 cm³/mol. The van der Waals surface area contributed by atoms with E-state index >= 15 is 0 Å². The van der Waals surface area contributed by atoms with Gasteiger partial charge in [0.25, 0.3) is 0 Å². The van der Waals surface area contributed by atoms with Crippen LogP contribution in [0.5, 0.6) is 0 Å². The second-order valence-electron chi connectivity index (χ2n) is 4.48. The molecule has 0 aliphatic rings. The standard InChI is InChI=1S/C13H23NOS/c1-5-14-12(13(3,4)15-6-2)9-11-7-8-16-10-11/h7-8,10,12,14H,5-6,9H2,1-4H3. The molecule has 16 heavy (non-hydrogen) atoms. The summed E-state index contributed by atoms with van der Waals surface area (Å²) in [5, 5.41) is 7.87. The first-order chi connectivity index (χ1) is 7.60. The maximum Gasteiger partial charge on any atom is 0.0781 e. The Morgan fingerprint density at radius 3 is 2.69 bits per heavy atom. The molecule has 0 fully saturated rings. The van der Waals surface area contributed by atoms with Crippen molar-refractivity contribution in [1.29, 1.82) is 0 Å². The number of ether oxygens (including phenoxy) is 1. The lowest BCUT2D eigenvalue weighted by molar-refractivity contribution is -0.0376. The Hall–Kier alpha value is -0.380. The Morgan fingerprint density at radius 2 is 2.19 bits per heavy atom. The van der Waals surface area contributed by atoms with Crippen molar-refractivity contribution in [2.75, 3.05) is 13.2 Å². The lowest BCUT2D eigenvalue weighted by Gasteiger charge is -2.34. The van der Waals surface area contributed by atoms with E-state index in [9.17, 15) is 0 Å². The van der Waals surface area contributed by atoms with E-state index in [0.717, 1.165) is 19.6 Å². The molecule has 0 aromatic carbocycles. The van der Waals surface area contributed by atoms with Gasteiger partial charge in [-0.25, -0.2) is 0 Å². The molecule has 0 amide bonds. The molecule has 1 aromatic heterocycles. The Balaban J connectivity index is 2.66. The van der Waals surface area contributed by atoms with E-state index in [0.29, 0.717) is 6.04 Å². The van der Waals surface area contributed by atoms with Crippen molar-refractivity contribution in [3.8, 4) is 0 Å². The lowest BCUT2D eigenvalue weighted by atomic mass is 9.93. The van der Waals surface area contributed by atoms with Gasteiger partial charge in [-0.05, 0) is 56.1 Å². The molecule has 1 aromatic rings. The Bertz CT molecular complexity index is 282. The van der Waals surface area contributed by atoms with Crippen LogP contribution in [0.25, 0.3) is 0 Å². The van der Waals surface area contributed by atoms with Gasteiger partial charge in [0, 0.05) is 12.6 Å². The van der Waals surface area contributed by atoms with Gasteiger partial charge >= 0.3 is 0 Å². The molecule has 1 heterocycles. The largest absolute Gasteiger partial charge is 0.374 e. The third-order valence-corrected chi connectivity index (χ3v) is 3.56. The first-order valence-corrected chi connectivity index (χ1v) is 6.92. The predicted octanol–water partition coefficient (Wildman–Crippen LogP) is 3.08. The van der Waals surface area contributed by atoms with E-state index in [1.807, 2.05) is 0 Å². The highest BCUT2D eigenvalue weighted by Crippen LogP contribution is 2.20. The van der Waals surface area contributed by atoms with Gasteiger partial charge in [0.2, 0.25) is 0 Å². The monoisotopic (exact) mass is 241 g/mol. The molecular formula is C13H23NOS. The summed E-state index contributed by atoms with van der Waals surface area (Å²) in [6, 6.07) is 2.56. The fourth-order valence-corrected chi connectivity index (χ4v) is 2.61. The minimum absolute atomic E-state index is 0.118. The van der Waals surface area contributed by atoms with E-state index in [-0.39, 0.29) is 5.60 Å². The first-order valence-electron chi connectivity index (χ1n) is 5.98. The van der Waals surface area contributed by atoms with Gasteiger partial charge in [-0.3, -0.25) is 0 Å². The van der Waals surface area contributed by atoms with Gasteiger partial charge in [0.05, 0.1) is 5.60 Å². The average Bonchev–Trinajstić information content (AvgIpc) is 2.69. The number of hydrogen-bond acceptors (Lipinski definition) is 3. The summed E-state index contributed by atoms with van der Waals surface area (Å²) in [4.78, 5) is 0. The van der Waals surface area contributed by atoms with Gasteiger partial charge in [0.1, 0.15) is 0 Å². The summed E-state index contributed by atoms with van der Waals surface area (Å²) in [7, 11) is 0. The van der Waals surface area contributed by atoms with E-state index in [1.54, 1.807) is 11.3 Å². The van der Waals surface area contributed by atoms with Crippen molar-refractivity contribution >= 4 is 11.3 Å². The van der Waals surface area contributed by atoms with Gasteiger partial charge in [-0.2, -0.15) is 11.3 Å². The van der Waals surface area contributed by atoms with Crippen LogP contribution in [0.4, 0.5) is 0 Å². The quantitative estimate of drug-likeness (QED) is 0.792. The number of rotatable bonds is 7. The first kappa shape index (κ1) is 13.7. The maximum atomic E-state index is 5.83. The highest BCUT2D eigenvalue weighted by molar-refractivity contribution is 7.07. The molecule has 1 atom stereocenters. The van der Waals surface area contributed by atoms with Gasteiger partial charge < -0.3 is 10.1 Å². The zero-order valence-electron chi connectivity index (χ0n) is 10.7. The molecule has 0 saturated carbocycles. The smallest absolute Gasteiger partial charge is 0.0781 e. The molecule has 1 N–H and O–H groups in total. The number of hydrogen-bond donors (Lipinski definition) is 1. The summed E-state index contributed by atoms with van der Waals surface area (Å²) in [5.74, 6) is 0. The fraction of sp³-hybridized carbons (Fsp3) is 0.692. The zero-order valence-corrected chi connectivity index (χ0v) is 11.6. The van der Waals surface area contributed by atoms with Crippen molar-refractivity contribution < 1.29 is 4.74 Å². The highest BCUT2D eigenvalue weighted by atomic mass is 32.1. The molecule has 0 aliphatic heterocycles. The summed E-state index contributed by atoms with van der Waals surface area (Å²) in [5.41, 5.74) is 1.27. The van der Waals surface area contributed by atoms with Crippen LogP contribution in [-0.4, -0.2) is 24.8 Å². The Labute approximate surface area is 103 Å². The molecule has 0 saturated heterocycles. The van der Waals surface area contributed by atoms with E-state index < -0.39 is 0 Å². The molecule has 1 unspecified atom stereocenters. The molecule has 92 valence electrons. The van der Waals surface area contributed by atoms with Crippen LogP contribution in [0.3, 0.4) is 0 Å². The van der Waals surface area contributed by atoms with E-state index in [2.05, 4.69) is 49.8 Å². The van der Waals surface area contributed by atoms with Crippen LogP contribution in [0.15, 0.2) is 16.8 Å². The molecule has 0 aliphatic carbocycles. The van der Waals surface area contributed by atoms with Gasteiger partial charge in [-0.15, -0.1) is 0 Å². The van der Waals surface area contributed by atoms with Crippen molar-refractivity contribution in [2.24, 2.45) is 0 Å². The minimum atomic E-state index is -0.118. The third kappa shape index (κ3) is 3.89. The maximum absolute atomic E-state index is 5.83. The average molecular weight is 241 g/mol. The summed E-state index contributed by atoms with van der Waals surface area (Å²) in [6.07, 6.45) is 1.03. The van der Waals surface area contributed by atoms with Crippen LogP contribution >= 0.6 is 11.3 Å². The topological polar surface area (TPSA) is 21.3 Å². The van der Waals surface area contributed by atoms with Crippen LogP contribution in [0.1, 0.15) is 33.3 Å². The molecule has 0 radical (unpaired) electrons. The number of thiophene rings is 1. The Morgan fingerprint density at radius 1 is 1.44 bits per heavy atom. The lowest BCUT2D eigenvalue weighted by Crippen LogP contribution is -2.49. The minimum Gasteiger partial charge on any atom is -0.374 e. The number of likely N-dealkylation sites (N-methyl/N-ethyl adjacent to an activating group) is 1. The summed E-state index contributed by atoms with van der Waals surface area (Å²) >= 11 is 1.76. The molecule has 3 heteroatoms. The van der Waals surface area contributed by atoms with Crippen molar-refractivity contribution in [3.05, 3.63) is 22.4 Å². The number of nitrogens with one attached hydrogen (secondary N) is 1. The molecule has 0 bridgehead atoms. The molecule has 2 nitrogen and oxygen atoms in total. The summed E-state index contributed by atoms with van der Waals surface area (Å²) in [6.45, 7) is 10.3. The van der Waals surface area contributed by atoms with Crippen LogP contribution in [-0.2, 0) is 11.2 Å².